The Morgan fingerprint density at radius 2 is 1.12 bits per heavy atom. The molecule has 0 atom stereocenters. The molecule has 0 aliphatic carbocycles. The van der Waals surface area contributed by atoms with Gasteiger partial charge in [-0.1, -0.05) is 87.4 Å². The Kier molecular flexibility index (Phi) is 56.9. The summed E-state index contributed by atoms with van der Waals surface area (Å²) in [4.78, 5) is 10.1. The smallest absolute Gasteiger partial charge is 0.116 e. The molecule has 0 aliphatic rings. The van der Waals surface area contributed by atoms with Crippen LogP contribution in [0.5, 0.6) is 0 Å². The van der Waals surface area contributed by atoms with Crippen LogP contribution in [-0.4, -0.2) is 11.0 Å². The van der Waals surface area contributed by atoms with Gasteiger partial charge in [0, 0.05) is 37.6 Å². The van der Waals surface area contributed by atoms with Crippen molar-refractivity contribution in [2.24, 2.45) is 0 Å². The maximum atomic E-state index is 8.81. The monoisotopic (exact) mass is 446 g/mol. The first-order valence-corrected chi connectivity index (χ1v) is 10.2. The number of rotatable bonds is 3. The topological polar surface area (TPSA) is 17.1 Å². The van der Waals surface area contributed by atoms with E-state index in [1.165, 1.54) is 17.7 Å². The summed E-state index contributed by atoms with van der Waals surface area (Å²) in [5, 5.41) is 0. The third-order valence-electron chi connectivity index (χ3n) is 2.32. The normalized spacial score (nSPS) is 7.76. The van der Waals surface area contributed by atoms with Crippen LogP contribution in [0.1, 0.15) is 90.0 Å². The van der Waals surface area contributed by atoms with Crippen LogP contribution >= 0.6 is 11.8 Å². The van der Waals surface area contributed by atoms with Gasteiger partial charge in [-0.25, -0.2) is 0 Å². The molecule has 1 radical (unpaired) electrons. The van der Waals surface area contributed by atoms with E-state index in [-0.39, 0.29) is 37.5 Å². The number of carbonyl (C=O) groups is 1. The van der Waals surface area contributed by atoms with Gasteiger partial charge in [0.2, 0.25) is 0 Å². The Labute approximate surface area is 190 Å². The fourth-order valence-electron chi connectivity index (χ4n) is 0.885. The SMILES string of the molecule is CC.CC.CC.CC.CC=O.C[C-](C)C(C)(C)Sc1ccccc1.[Y]. The fourth-order valence-corrected chi connectivity index (χ4v) is 1.97. The molecule has 0 saturated heterocycles. The average Bonchev–Trinajstić information content (AvgIpc) is 2.63. The molecule has 25 heavy (non-hydrogen) atoms. The van der Waals surface area contributed by atoms with Gasteiger partial charge in [-0.2, -0.15) is 25.6 Å². The fraction of sp³-hybridized carbons (Fsp3) is 0.636. The van der Waals surface area contributed by atoms with Gasteiger partial charge in [0.25, 0.3) is 0 Å². The first-order valence-electron chi connectivity index (χ1n) is 9.38. The third-order valence-corrected chi connectivity index (χ3v) is 3.75. The number of benzene rings is 1. The van der Waals surface area contributed by atoms with E-state index in [0.29, 0.717) is 0 Å². The van der Waals surface area contributed by atoms with E-state index in [0.717, 1.165) is 6.29 Å². The molecular weight excluding hydrogens is 401 g/mol. The number of hydrogen-bond donors (Lipinski definition) is 0. The molecule has 0 aliphatic heterocycles. The zero-order valence-electron chi connectivity index (χ0n) is 19.4. The number of carbonyl (C=O) groups excluding carboxylic acids is 1. The van der Waals surface area contributed by atoms with Gasteiger partial charge < -0.3 is 10.7 Å². The van der Waals surface area contributed by atoms with Gasteiger partial charge in [0.05, 0.1) is 0 Å². The van der Waals surface area contributed by atoms with Gasteiger partial charge in [0.15, 0.2) is 0 Å². The Hall–Kier alpha value is 0.344. The predicted molar refractivity (Wildman–Crippen MR) is 118 cm³/mol. The summed E-state index contributed by atoms with van der Waals surface area (Å²) in [6, 6.07) is 10.6. The van der Waals surface area contributed by atoms with Crippen molar-refractivity contribution in [2.45, 2.75) is 99.7 Å². The summed E-state index contributed by atoms with van der Waals surface area (Å²) in [7, 11) is 0. The van der Waals surface area contributed by atoms with E-state index in [9.17, 15) is 0 Å². The molecule has 0 N–H and O–H groups in total. The van der Waals surface area contributed by atoms with Crippen molar-refractivity contribution in [3.8, 4) is 0 Å². The number of aldehydes is 1. The molecule has 1 aromatic rings. The van der Waals surface area contributed by atoms with Crippen LogP contribution in [0.25, 0.3) is 0 Å². The first-order chi connectivity index (χ1) is 11.4. The Bertz CT molecular complexity index is 298. The molecule has 3 heteroatoms. The number of thioether (sulfide) groups is 1. The van der Waals surface area contributed by atoms with Crippen molar-refractivity contribution in [3.63, 3.8) is 0 Å². The van der Waals surface area contributed by atoms with Crippen LogP contribution in [-0.2, 0) is 37.5 Å². The Balaban J connectivity index is -0.0000000640. The van der Waals surface area contributed by atoms with Crippen LogP contribution in [0.3, 0.4) is 0 Å². The quantitative estimate of drug-likeness (QED) is 0.263. The van der Waals surface area contributed by atoms with Crippen molar-refractivity contribution in [1.29, 1.82) is 0 Å². The second kappa shape index (κ2) is 35.5. The van der Waals surface area contributed by atoms with E-state index in [1.54, 1.807) is 0 Å². The maximum absolute atomic E-state index is 8.81. The molecule has 0 heterocycles. The molecule has 1 rings (SSSR count). The van der Waals surface area contributed by atoms with E-state index in [2.05, 4.69) is 58.0 Å². The largest absolute Gasteiger partial charge is 0.304 e. The number of hydrogen-bond acceptors (Lipinski definition) is 2. The molecule has 1 aromatic carbocycles. The van der Waals surface area contributed by atoms with Crippen molar-refractivity contribution < 1.29 is 37.5 Å². The minimum absolute atomic E-state index is 0. The molecule has 0 unspecified atom stereocenters. The standard InChI is InChI=1S/C12H17S.C2H4O.4C2H6.Y/c1-10(2)12(3,4)13-11-8-6-5-7-9-11;1-2-3;4*1-2;/h5-9H,1-4H3;2H,1H3;4*1-2H3;/q-1;;;;;;. The van der Waals surface area contributed by atoms with Gasteiger partial charge in [-0.05, 0) is 19.1 Å². The summed E-state index contributed by atoms with van der Waals surface area (Å²) >= 11 is 1.92. The second-order valence-electron chi connectivity index (χ2n) is 4.16. The van der Waals surface area contributed by atoms with Gasteiger partial charge in [0.1, 0.15) is 6.29 Å². The van der Waals surface area contributed by atoms with Crippen molar-refractivity contribution in [2.75, 3.05) is 0 Å². The van der Waals surface area contributed by atoms with Gasteiger partial charge in [-0.3, -0.25) is 0 Å². The molecule has 149 valence electrons. The van der Waals surface area contributed by atoms with E-state index >= 15 is 0 Å². The third kappa shape index (κ3) is 32.5. The molecule has 0 spiro atoms. The van der Waals surface area contributed by atoms with E-state index in [1.807, 2.05) is 67.2 Å². The summed E-state index contributed by atoms with van der Waals surface area (Å²) in [5.74, 6) is 1.46. The summed E-state index contributed by atoms with van der Waals surface area (Å²) in [6.45, 7) is 26.4. The van der Waals surface area contributed by atoms with Crippen molar-refractivity contribution >= 4 is 18.0 Å². The summed E-state index contributed by atoms with van der Waals surface area (Å²) < 4.78 is 0.237. The van der Waals surface area contributed by atoms with Gasteiger partial charge in [-0.15, -0.1) is 4.75 Å². The summed E-state index contributed by atoms with van der Waals surface area (Å²) in [5.41, 5.74) is 0. The maximum Gasteiger partial charge on any atom is 0.116 e. The summed E-state index contributed by atoms with van der Waals surface area (Å²) in [6.07, 6.45) is 0.750. The molecular formula is C22H45OSY-. The first kappa shape index (κ1) is 40.1. The average molecular weight is 447 g/mol. The van der Waals surface area contributed by atoms with Gasteiger partial charge >= 0.3 is 0 Å². The Morgan fingerprint density at radius 3 is 1.36 bits per heavy atom. The van der Waals surface area contributed by atoms with Crippen LogP contribution < -0.4 is 0 Å². The van der Waals surface area contributed by atoms with Crippen molar-refractivity contribution in [3.05, 3.63) is 36.2 Å². The zero-order valence-corrected chi connectivity index (χ0v) is 23.0. The second-order valence-corrected chi connectivity index (χ2v) is 5.86. The van der Waals surface area contributed by atoms with Crippen LogP contribution in [0.15, 0.2) is 35.2 Å². The molecule has 0 bridgehead atoms. The minimum Gasteiger partial charge on any atom is -0.304 e. The molecule has 0 saturated carbocycles. The molecule has 0 aromatic heterocycles. The minimum atomic E-state index is 0. The van der Waals surface area contributed by atoms with Crippen molar-refractivity contribution in [1.82, 2.24) is 0 Å². The predicted octanol–water partition coefficient (Wildman–Crippen LogP) is 8.48. The van der Waals surface area contributed by atoms with E-state index in [4.69, 9.17) is 4.79 Å². The van der Waals surface area contributed by atoms with Crippen LogP contribution in [0.2, 0.25) is 0 Å². The molecule has 0 fully saturated rings. The molecule has 1 nitrogen and oxygen atoms in total. The van der Waals surface area contributed by atoms with Crippen LogP contribution in [0.4, 0.5) is 0 Å². The van der Waals surface area contributed by atoms with E-state index < -0.39 is 0 Å². The molecule has 0 amide bonds. The zero-order chi connectivity index (χ0) is 20.6. The Morgan fingerprint density at radius 1 is 0.840 bits per heavy atom. The van der Waals surface area contributed by atoms with Crippen LogP contribution in [0, 0.1) is 5.92 Å².